The Hall–Kier alpha value is -2.22. The average molecular weight is 313 g/mol. The number of benzene rings is 1. The molecule has 0 aliphatic heterocycles. The predicted molar refractivity (Wildman–Crippen MR) is 76.2 cm³/mol. The first-order valence-electron chi connectivity index (χ1n) is 6.13. The van der Waals surface area contributed by atoms with Gasteiger partial charge < -0.3 is 15.8 Å². The van der Waals surface area contributed by atoms with Gasteiger partial charge in [0.15, 0.2) is 5.82 Å². The Morgan fingerprint density at radius 1 is 1.48 bits per heavy atom. The lowest BCUT2D eigenvalue weighted by molar-refractivity contribution is 0.0529. The fourth-order valence-corrected chi connectivity index (χ4v) is 2.37. The van der Waals surface area contributed by atoms with E-state index in [1.54, 1.807) is 6.92 Å². The third-order valence-electron chi connectivity index (χ3n) is 2.65. The smallest absolute Gasteiger partial charge is 0.344 e. The molecule has 0 saturated heterocycles. The minimum atomic E-state index is -0.606. The highest BCUT2D eigenvalue weighted by Gasteiger charge is 2.20. The number of nitrogen functional groups attached to an aromatic ring is 1. The molecular weight excluding hydrogens is 300 g/mol. The molecule has 0 radical (unpaired) electrons. The van der Waals surface area contributed by atoms with Gasteiger partial charge in [0.1, 0.15) is 22.2 Å². The van der Waals surface area contributed by atoms with Crippen LogP contribution in [0, 0.1) is 11.6 Å². The second-order valence-electron chi connectivity index (χ2n) is 4.08. The molecule has 0 saturated carbocycles. The minimum absolute atomic E-state index is 0.00235. The van der Waals surface area contributed by atoms with E-state index in [2.05, 4.69) is 9.69 Å². The number of esters is 1. The maximum Gasteiger partial charge on any atom is 0.344 e. The molecular formula is C13H13F2N3O2S. The van der Waals surface area contributed by atoms with E-state index < -0.39 is 17.6 Å². The molecule has 0 bridgehead atoms. The topological polar surface area (TPSA) is 77.2 Å². The Bertz CT molecular complexity index is 661. The van der Waals surface area contributed by atoms with Crippen LogP contribution in [0.5, 0.6) is 0 Å². The highest BCUT2D eigenvalue weighted by Crippen LogP contribution is 2.28. The third-order valence-corrected chi connectivity index (χ3v) is 3.46. The van der Waals surface area contributed by atoms with Gasteiger partial charge in [0.25, 0.3) is 0 Å². The quantitative estimate of drug-likeness (QED) is 0.830. The zero-order chi connectivity index (χ0) is 15.4. The lowest BCUT2D eigenvalue weighted by Crippen LogP contribution is -2.10. The molecule has 0 aliphatic rings. The Balaban J connectivity index is 2.17. The molecule has 1 heterocycles. The number of nitrogens with one attached hydrogen (secondary N) is 1. The number of rotatable bonds is 5. The van der Waals surface area contributed by atoms with Crippen LogP contribution in [-0.4, -0.2) is 16.9 Å². The molecule has 21 heavy (non-hydrogen) atoms. The first-order chi connectivity index (χ1) is 10.0. The average Bonchev–Trinajstić information content (AvgIpc) is 2.81. The summed E-state index contributed by atoms with van der Waals surface area (Å²) in [6.45, 7) is 1.87. The van der Waals surface area contributed by atoms with Crippen molar-refractivity contribution in [2.75, 3.05) is 17.7 Å². The van der Waals surface area contributed by atoms with Crippen LogP contribution < -0.4 is 11.1 Å². The van der Waals surface area contributed by atoms with E-state index in [-0.39, 0.29) is 30.1 Å². The van der Waals surface area contributed by atoms with Gasteiger partial charge in [-0.25, -0.2) is 13.6 Å². The molecule has 1 aromatic carbocycles. The standard InChI is InChI=1S/C13H13F2N3O2S/c1-2-20-13(19)10-11(16)18-21-12(10)17-6-7-5-8(14)3-4-9(7)15/h3-5,17H,2,6H2,1H3,(H2,16,18). The fourth-order valence-electron chi connectivity index (χ4n) is 1.68. The van der Waals surface area contributed by atoms with E-state index in [0.717, 1.165) is 29.7 Å². The van der Waals surface area contributed by atoms with Crippen molar-refractivity contribution in [2.24, 2.45) is 0 Å². The van der Waals surface area contributed by atoms with Crippen LogP contribution >= 0.6 is 11.5 Å². The molecule has 0 amide bonds. The van der Waals surface area contributed by atoms with Crippen LogP contribution in [0.3, 0.4) is 0 Å². The first kappa shape index (κ1) is 15.2. The van der Waals surface area contributed by atoms with Crippen LogP contribution in [0.2, 0.25) is 0 Å². The van der Waals surface area contributed by atoms with Gasteiger partial charge in [-0.05, 0) is 36.7 Å². The number of aromatic nitrogens is 1. The van der Waals surface area contributed by atoms with Crippen molar-refractivity contribution in [1.29, 1.82) is 0 Å². The molecule has 112 valence electrons. The molecule has 0 fully saturated rings. The van der Waals surface area contributed by atoms with Crippen molar-refractivity contribution >= 4 is 28.3 Å². The number of hydrogen-bond acceptors (Lipinski definition) is 6. The number of carbonyl (C=O) groups is 1. The largest absolute Gasteiger partial charge is 0.462 e. The van der Waals surface area contributed by atoms with Crippen molar-refractivity contribution < 1.29 is 18.3 Å². The highest BCUT2D eigenvalue weighted by atomic mass is 32.1. The number of hydrogen-bond donors (Lipinski definition) is 2. The fraction of sp³-hybridized carbons (Fsp3) is 0.231. The van der Waals surface area contributed by atoms with Crippen LogP contribution in [0.15, 0.2) is 18.2 Å². The Labute approximate surface area is 123 Å². The summed E-state index contributed by atoms with van der Waals surface area (Å²) in [6.07, 6.45) is 0. The lowest BCUT2D eigenvalue weighted by atomic mass is 10.2. The number of anilines is 2. The van der Waals surface area contributed by atoms with Crippen LogP contribution in [0.25, 0.3) is 0 Å². The number of nitrogens with two attached hydrogens (primary N) is 1. The molecule has 2 aromatic rings. The summed E-state index contributed by atoms with van der Waals surface area (Å²) in [5.41, 5.74) is 5.87. The van der Waals surface area contributed by atoms with E-state index in [1.165, 1.54) is 0 Å². The molecule has 1 aromatic heterocycles. The van der Waals surface area contributed by atoms with Gasteiger partial charge in [0.05, 0.1) is 6.61 Å². The van der Waals surface area contributed by atoms with Gasteiger partial charge in [0, 0.05) is 12.1 Å². The van der Waals surface area contributed by atoms with Crippen molar-refractivity contribution in [3.63, 3.8) is 0 Å². The van der Waals surface area contributed by atoms with Crippen molar-refractivity contribution in [1.82, 2.24) is 4.37 Å². The minimum Gasteiger partial charge on any atom is -0.462 e. The van der Waals surface area contributed by atoms with Gasteiger partial charge in [-0.3, -0.25) is 0 Å². The van der Waals surface area contributed by atoms with Gasteiger partial charge >= 0.3 is 5.97 Å². The molecule has 0 spiro atoms. The van der Waals surface area contributed by atoms with E-state index in [1.807, 2.05) is 0 Å². The Morgan fingerprint density at radius 3 is 2.95 bits per heavy atom. The maximum absolute atomic E-state index is 13.5. The van der Waals surface area contributed by atoms with Crippen LogP contribution in [0.4, 0.5) is 19.6 Å². The van der Waals surface area contributed by atoms with Crippen LogP contribution in [0.1, 0.15) is 22.8 Å². The van der Waals surface area contributed by atoms with Gasteiger partial charge in [0.2, 0.25) is 0 Å². The second-order valence-corrected chi connectivity index (χ2v) is 4.86. The summed E-state index contributed by atoms with van der Waals surface area (Å²) >= 11 is 0.957. The molecule has 2 rings (SSSR count). The second kappa shape index (κ2) is 6.49. The maximum atomic E-state index is 13.5. The van der Waals surface area contributed by atoms with Crippen molar-refractivity contribution in [2.45, 2.75) is 13.5 Å². The van der Waals surface area contributed by atoms with E-state index in [0.29, 0.717) is 5.00 Å². The Kier molecular flexibility index (Phi) is 4.69. The number of nitrogens with zero attached hydrogens (tertiary/aromatic N) is 1. The van der Waals surface area contributed by atoms with Gasteiger partial charge in [-0.2, -0.15) is 4.37 Å². The lowest BCUT2D eigenvalue weighted by Gasteiger charge is -2.07. The molecule has 0 atom stereocenters. The van der Waals surface area contributed by atoms with E-state index in [9.17, 15) is 13.6 Å². The highest BCUT2D eigenvalue weighted by molar-refractivity contribution is 7.11. The Morgan fingerprint density at radius 2 is 2.24 bits per heavy atom. The van der Waals surface area contributed by atoms with E-state index >= 15 is 0 Å². The zero-order valence-electron chi connectivity index (χ0n) is 11.2. The summed E-state index contributed by atoms with van der Waals surface area (Å²) < 4.78 is 35.3. The normalized spacial score (nSPS) is 10.4. The van der Waals surface area contributed by atoms with Crippen molar-refractivity contribution in [3.05, 3.63) is 41.0 Å². The zero-order valence-corrected chi connectivity index (χ0v) is 12.0. The SMILES string of the molecule is CCOC(=O)c1c(N)nsc1NCc1cc(F)ccc1F. The number of ether oxygens (including phenoxy) is 1. The van der Waals surface area contributed by atoms with E-state index in [4.69, 9.17) is 10.5 Å². The summed E-state index contributed by atoms with van der Waals surface area (Å²) in [6, 6.07) is 3.16. The summed E-state index contributed by atoms with van der Waals surface area (Å²) in [5, 5.41) is 3.18. The molecule has 3 N–H and O–H groups in total. The van der Waals surface area contributed by atoms with Crippen molar-refractivity contribution in [3.8, 4) is 0 Å². The summed E-state index contributed by atoms with van der Waals surface area (Å²) in [7, 11) is 0. The molecule has 0 aliphatic carbocycles. The van der Waals surface area contributed by atoms with Gasteiger partial charge in [-0.1, -0.05) is 0 Å². The number of halogens is 2. The summed E-state index contributed by atoms with van der Waals surface area (Å²) in [4.78, 5) is 11.8. The van der Waals surface area contributed by atoms with Crippen LogP contribution in [-0.2, 0) is 11.3 Å². The molecule has 0 unspecified atom stereocenters. The molecule has 5 nitrogen and oxygen atoms in total. The monoisotopic (exact) mass is 313 g/mol. The predicted octanol–water partition coefficient (Wildman–Crippen LogP) is 2.79. The molecule has 8 heteroatoms. The third kappa shape index (κ3) is 3.46. The first-order valence-corrected chi connectivity index (χ1v) is 6.90. The summed E-state index contributed by atoms with van der Waals surface area (Å²) in [5.74, 6) is -1.65. The van der Waals surface area contributed by atoms with Gasteiger partial charge in [-0.15, -0.1) is 0 Å². The number of carbonyl (C=O) groups excluding carboxylic acids is 1.